The topological polar surface area (TPSA) is 59.6 Å². The Labute approximate surface area is 122 Å². The zero-order valence-electron chi connectivity index (χ0n) is 13.3. The van der Waals surface area contributed by atoms with Gasteiger partial charge in [-0.2, -0.15) is 0 Å². The average molecular weight is 286 g/mol. The molecule has 0 aromatic heterocycles. The third-order valence-corrected chi connectivity index (χ3v) is 3.31. The van der Waals surface area contributed by atoms with Crippen LogP contribution in [0.3, 0.4) is 0 Å². The number of ether oxygens (including phenoxy) is 2. The van der Waals surface area contributed by atoms with Gasteiger partial charge in [0.2, 0.25) is 0 Å². The van der Waals surface area contributed by atoms with Crippen molar-refractivity contribution >= 4 is 6.09 Å². The summed E-state index contributed by atoms with van der Waals surface area (Å²) in [4.78, 5) is 11.6. The quantitative estimate of drug-likeness (QED) is 0.815. The first kappa shape index (κ1) is 17.2. The van der Waals surface area contributed by atoms with Gasteiger partial charge in [0.1, 0.15) is 5.60 Å². The van der Waals surface area contributed by atoms with Crippen LogP contribution in [0.2, 0.25) is 0 Å². The molecule has 1 amide bonds. The lowest BCUT2D eigenvalue weighted by atomic mass is 10.1. The summed E-state index contributed by atoms with van der Waals surface area (Å²) in [6.45, 7) is 10.0. The third kappa shape index (κ3) is 7.70. The molecule has 0 bridgehead atoms. The average Bonchev–Trinajstić information content (AvgIpc) is 2.60. The molecule has 1 fully saturated rings. The maximum Gasteiger partial charge on any atom is 0.407 e. The summed E-state index contributed by atoms with van der Waals surface area (Å²) >= 11 is 0. The second-order valence-electron chi connectivity index (χ2n) is 6.39. The highest BCUT2D eigenvalue weighted by molar-refractivity contribution is 5.67. The molecule has 1 rings (SSSR count). The largest absolute Gasteiger partial charge is 0.444 e. The van der Waals surface area contributed by atoms with Gasteiger partial charge < -0.3 is 20.1 Å². The zero-order valence-corrected chi connectivity index (χ0v) is 13.3. The van der Waals surface area contributed by atoms with E-state index in [9.17, 15) is 4.79 Å². The molecule has 118 valence electrons. The monoisotopic (exact) mass is 286 g/mol. The molecular weight excluding hydrogens is 256 g/mol. The number of amides is 1. The van der Waals surface area contributed by atoms with Crippen LogP contribution < -0.4 is 10.6 Å². The fraction of sp³-hybridized carbons (Fsp3) is 0.933. The van der Waals surface area contributed by atoms with Gasteiger partial charge in [-0.3, -0.25) is 0 Å². The molecule has 20 heavy (non-hydrogen) atoms. The first-order valence-corrected chi connectivity index (χ1v) is 7.71. The number of carbonyl (C=O) groups excluding carboxylic acids is 1. The first-order chi connectivity index (χ1) is 9.40. The van der Waals surface area contributed by atoms with Crippen molar-refractivity contribution < 1.29 is 14.3 Å². The van der Waals surface area contributed by atoms with Crippen molar-refractivity contribution in [3.05, 3.63) is 0 Å². The normalized spacial score (nSPS) is 21.9. The number of hydrogen-bond acceptors (Lipinski definition) is 4. The molecule has 5 nitrogen and oxygen atoms in total. The summed E-state index contributed by atoms with van der Waals surface area (Å²) < 4.78 is 10.7. The lowest BCUT2D eigenvalue weighted by molar-refractivity contribution is 0.0521. The van der Waals surface area contributed by atoms with E-state index in [1.807, 2.05) is 20.8 Å². The molecular formula is C15H30N2O3. The minimum absolute atomic E-state index is 0.283. The molecule has 0 radical (unpaired) electrons. The molecule has 0 aromatic carbocycles. The number of hydrogen-bond donors (Lipinski definition) is 2. The van der Waals surface area contributed by atoms with Crippen molar-refractivity contribution in [2.24, 2.45) is 0 Å². The highest BCUT2D eigenvalue weighted by atomic mass is 16.6. The fourth-order valence-electron chi connectivity index (χ4n) is 2.25. The van der Waals surface area contributed by atoms with Crippen LogP contribution in [0.1, 0.15) is 53.4 Å². The Morgan fingerprint density at radius 2 is 2.10 bits per heavy atom. The Morgan fingerprint density at radius 3 is 2.75 bits per heavy atom. The molecule has 1 heterocycles. The molecule has 2 unspecified atom stereocenters. The summed E-state index contributed by atoms with van der Waals surface area (Å²) in [6.07, 6.45) is 3.93. The van der Waals surface area contributed by atoms with E-state index in [0.29, 0.717) is 12.6 Å². The van der Waals surface area contributed by atoms with Gasteiger partial charge in [-0.15, -0.1) is 0 Å². The molecule has 1 aliphatic rings. The molecule has 2 N–H and O–H groups in total. The molecule has 0 spiro atoms. The predicted octanol–water partition coefficient (Wildman–Crippen LogP) is 2.45. The van der Waals surface area contributed by atoms with E-state index in [1.54, 1.807) is 0 Å². The van der Waals surface area contributed by atoms with Crippen molar-refractivity contribution in [2.75, 3.05) is 19.8 Å². The van der Waals surface area contributed by atoms with Gasteiger partial charge in [0.05, 0.1) is 0 Å². The van der Waals surface area contributed by atoms with Crippen LogP contribution >= 0.6 is 0 Å². The smallest absolute Gasteiger partial charge is 0.407 e. The van der Waals surface area contributed by atoms with Gasteiger partial charge >= 0.3 is 6.09 Å². The summed E-state index contributed by atoms with van der Waals surface area (Å²) in [5.41, 5.74) is -0.447. The molecule has 5 heteroatoms. The van der Waals surface area contributed by atoms with Crippen molar-refractivity contribution in [3.63, 3.8) is 0 Å². The van der Waals surface area contributed by atoms with E-state index in [1.165, 1.54) is 0 Å². The maximum atomic E-state index is 11.6. The Bertz CT molecular complexity index is 281. The van der Waals surface area contributed by atoms with Crippen LogP contribution in [0.25, 0.3) is 0 Å². The lowest BCUT2D eigenvalue weighted by Gasteiger charge is -2.25. The minimum atomic E-state index is -0.447. The summed E-state index contributed by atoms with van der Waals surface area (Å²) in [7, 11) is 0. The predicted molar refractivity (Wildman–Crippen MR) is 79.9 cm³/mol. The second kappa shape index (κ2) is 8.47. The van der Waals surface area contributed by atoms with E-state index in [-0.39, 0.29) is 12.1 Å². The van der Waals surface area contributed by atoms with Gasteiger partial charge in [-0.05, 0) is 46.5 Å². The molecule has 0 aromatic rings. The van der Waals surface area contributed by atoms with Crippen LogP contribution in [0, 0.1) is 0 Å². The molecule has 0 saturated carbocycles. The van der Waals surface area contributed by atoms with Crippen LogP contribution in [0.15, 0.2) is 0 Å². The fourth-order valence-corrected chi connectivity index (χ4v) is 2.25. The van der Waals surface area contributed by atoms with Gasteiger partial charge in [0.15, 0.2) is 0 Å². The number of nitrogens with one attached hydrogen (secondary N) is 2. The van der Waals surface area contributed by atoms with E-state index in [4.69, 9.17) is 9.47 Å². The highest BCUT2D eigenvalue weighted by Crippen LogP contribution is 2.10. The van der Waals surface area contributed by atoms with Gasteiger partial charge in [0.25, 0.3) is 0 Å². The van der Waals surface area contributed by atoms with E-state index in [2.05, 4.69) is 17.6 Å². The van der Waals surface area contributed by atoms with Crippen molar-refractivity contribution in [1.82, 2.24) is 10.6 Å². The number of alkyl carbamates (subject to hydrolysis) is 1. The second-order valence-corrected chi connectivity index (χ2v) is 6.39. The summed E-state index contributed by atoms with van der Waals surface area (Å²) in [5.74, 6) is 0. The maximum absolute atomic E-state index is 11.6. The van der Waals surface area contributed by atoms with Gasteiger partial charge in [-0.25, -0.2) is 4.79 Å². The van der Waals surface area contributed by atoms with Gasteiger partial charge in [-0.1, -0.05) is 6.92 Å². The third-order valence-electron chi connectivity index (χ3n) is 3.31. The lowest BCUT2D eigenvalue weighted by Crippen LogP contribution is -2.46. The van der Waals surface area contributed by atoms with E-state index in [0.717, 1.165) is 38.9 Å². The molecule has 1 saturated heterocycles. The van der Waals surface area contributed by atoms with E-state index < -0.39 is 5.60 Å². The Hall–Kier alpha value is -0.810. The zero-order chi connectivity index (χ0) is 15.0. The SMILES string of the molecule is CCC(CNC(=O)OC(C)(C)C)NC1CCCOCC1. The van der Waals surface area contributed by atoms with Crippen molar-refractivity contribution in [3.8, 4) is 0 Å². The first-order valence-electron chi connectivity index (χ1n) is 7.71. The van der Waals surface area contributed by atoms with Gasteiger partial charge in [0, 0.05) is 31.8 Å². The highest BCUT2D eigenvalue weighted by Gasteiger charge is 2.19. The van der Waals surface area contributed by atoms with Crippen LogP contribution in [0.5, 0.6) is 0 Å². The Morgan fingerprint density at radius 1 is 1.35 bits per heavy atom. The molecule has 2 atom stereocenters. The molecule has 0 aliphatic carbocycles. The van der Waals surface area contributed by atoms with E-state index >= 15 is 0 Å². The van der Waals surface area contributed by atoms with Crippen LogP contribution in [0.4, 0.5) is 4.79 Å². The van der Waals surface area contributed by atoms with Crippen LogP contribution in [-0.4, -0.2) is 43.5 Å². The minimum Gasteiger partial charge on any atom is -0.444 e. The Kier molecular flexibility index (Phi) is 7.30. The van der Waals surface area contributed by atoms with Crippen LogP contribution in [-0.2, 0) is 9.47 Å². The number of rotatable bonds is 5. The standard InChI is InChI=1S/C15H30N2O3/c1-5-12(11-16-14(18)20-15(2,3)4)17-13-7-6-9-19-10-8-13/h12-13,17H,5-11H2,1-4H3,(H,16,18). The molecule has 1 aliphatic heterocycles. The van der Waals surface area contributed by atoms with Crippen molar-refractivity contribution in [2.45, 2.75) is 71.1 Å². The summed E-state index contributed by atoms with van der Waals surface area (Å²) in [6, 6.07) is 0.772. The Balaban J connectivity index is 2.29. The van der Waals surface area contributed by atoms with Crippen molar-refractivity contribution in [1.29, 1.82) is 0 Å². The number of carbonyl (C=O) groups is 1. The summed E-state index contributed by atoms with van der Waals surface area (Å²) in [5, 5.41) is 6.45.